The fourth-order valence-electron chi connectivity index (χ4n) is 5.42. The Morgan fingerprint density at radius 2 is 1.16 bits per heavy atom. The first-order valence-corrected chi connectivity index (χ1v) is 22.4. The molecule has 0 amide bonds. The fraction of sp³-hybridized carbons (Fsp3) is 0.833. The van der Waals surface area contributed by atoms with Gasteiger partial charge in [-0.25, -0.2) is 0 Å². The van der Waals surface area contributed by atoms with Crippen molar-refractivity contribution in [2.24, 2.45) is 0 Å². The number of aliphatic hydroxyl groups is 4. The minimum Gasteiger partial charge on any atom is -0.550 e. The largest absolute Gasteiger partial charge is 1.00 e. The van der Waals surface area contributed by atoms with Crippen LogP contribution in [0.3, 0.4) is 0 Å². The summed E-state index contributed by atoms with van der Waals surface area (Å²) in [6, 6.07) is 0. The zero-order chi connectivity index (χ0) is 41.1. The smallest absolute Gasteiger partial charge is 0.550 e. The molecule has 1 fully saturated rings. The van der Waals surface area contributed by atoms with Crippen LogP contribution >= 0.6 is 0 Å². The van der Waals surface area contributed by atoms with Crippen LogP contribution in [0.5, 0.6) is 0 Å². The van der Waals surface area contributed by atoms with E-state index in [0.29, 0.717) is 19.6 Å². The molecule has 0 spiro atoms. The molecule has 0 aromatic carbocycles. The first-order chi connectivity index (χ1) is 25.9. The van der Waals surface area contributed by atoms with Gasteiger partial charge in [0.05, 0.1) is 32.2 Å². The number of hydrogen-bond acceptors (Lipinski definition) is 10. The van der Waals surface area contributed by atoms with E-state index in [1.54, 1.807) is 12.2 Å². The summed E-state index contributed by atoms with van der Waals surface area (Å²) < 4.78 is 39.1. The molecule has 1 heterocycles. The van der Waals surface area contributed by atoms with E-state index in [1.807, 2.05) is 0 Å². The van der Waals surface area contributed by atoms with E-state index >= 15 is 0 Å². The Morgan fingerprint density at radius 1 is 0.764 bits per heavy atom. The Morgan fingerprint density at radius 3 is 1.51 bits per heavy atom. The van der Waals surface area contributed by atoms with Crippen molar-refractivity contribution in [1.82, 2.24) is 0 Å². The third kappa shape index (κ3) is 51.3. The van der Waals surface area contributed by atoms with Gasteiger partial charge in [-0.2, -0.15) is 8.42 Å². The van der Waals surface area contributed by atoms with Gasteiger partial charge >= 0.3 is 29.6 Å². The Labute approximate surface area is 358 Å². The molecule has 1 rings (SSSR count). The molecule has 55 heavy (non-hydrogen) atoms. The summed E-state index contributed by atoms with van der Waals surface area (Å²) in [6.45, 7) is 12.2. The minimum atomic E-state index is -3.73. The molecule has 0 radical (unpaired) electrons. The van der Waals surface area contributed by atoms with Crippen LogP contribution in [0.1, 0.15) is 168 Å². The molecular formula is C42H81NaO11S. The van der Waals surface area contributed by atoms with E-state index < -0.39 is 47.1 Å². The standard InChI is InChI=1S/C18H34O2.C12H26O3S.C6H12O5.C6H10O.Na/c1-2-3-4-5-6-7-8-9-10-11-12-13-14-15-16-17-18(19)20;1-2-3-4-5-6-7-8-9-10-11-12-16(13,14)15;7-1-3(8)6-5(10)4(9)2-11-6;1-3-5-7-6-4-2;/h9-10H,2-8,11-17H2,1H3,(H,19,20);2-12H2,1H3,(H,13,14,15);3-10H,1-2H2;3-4H,1-2,5-6H2;/q;;;;+1/p-1/b10-9-;;;;/t;;3-,4+,5-,6-;;/m..1../s1. The van der Waals surface area contributed by atoms with Crippen LogP contribution in [0.2, 0.25) is 0 Å². The van der Waals surface area contributed by atoms with Crippen LogP contribution in [0.4, 0.5) is 0 Å². The Bertz CT molecular complexity index is 942. The molecule has 1 aliphatic rings. The van der Waals surface area contributed by atoms with E-state index in [4.69, 9.17) is 34.5 Å². The fourth-order valence-corrected chi connectivity index (χ4v) is 5.98. The van der Waals surface area contributed by atoms with Crippen LogP contribution in [-0.2, 0) is 24.4 Å². The number of hydrogen-bond donors (Lipinski definition) is 5. The number of carboxylic acid groups (broad SMARTS) is 1. The maximum atomic E-state index is 10.4. The number of allylic oxidation sites excluding steroid dienone is 2. The quantitative estimate of drug-likeness (QED) is 0.0280. The van der Waals surface area contributed by atoms with E-state index in [2.05, 4.69) is 39.2 Å². The SMILES string of the molecule is C=CCOCC=C.CCCCCCCC/C=C\CCCCCCCC(=O)[O-].CCCCCCCCCCCCS(=O)(=O)O.OC[C@@H](O)[C@H]1OC[C@H](O)[C@H]1O.[Na+]. The van der Waals surface area contributed by atoms with Crippen LogP contribution in [-0.4, -0.2) is 96.0 Å². The van der Waals surface area contributed by atoms with Crippen molar-refractivity contribution in [3.8, 4) is 0 Å². The third-order valence-corrected chi connectivity index (χ3v) is 9.43. The van der Waals surface area contributed by atoms with Crippen molar-refractivity contribution in [2.75, 3.05) is 32.2 Å². The molecule has 11 nitrogen and oxygen atoms in total. The molecule has 0 saturated carbocycles. The molecule has 0 bridgehead atoms. The average molecular weight is 817 g/mol. The number of unbranched alkanes of at least 4 members (excludes halogenated alkanes) is 20. The zero-order valence-corrected chi connectivity index (χ0v) is 37.9. The maximum absolute atomic E-state index is 10.4. The van der Waals surface area contributed by atoms with Gasteiger partial charge in [0.2, 0.25) is 0 Å². The maximum Gasteiger partial charge on any atom is 1.00 e. The summed E-state index contributed by atoms with van der Waals surface area (Å²) in [6.07, 6.45) is 31.9. The van der Waals surface area contributed by atoms with Crippen LogP contribution < -0.4 is 34.7 Å². The zero-order valence-electron chi connectivity index (χ0n) is 35.1. The van der Waals surface area contributed by atoms with Crippen molar-refractivity contribution >= 4 is 16.1 Å². The monoisotopic (exact) mass is 817 g/mol. The first kappa shape index (κ1) is 61.0. The van der Waals surface area contributed by atoms with Crippen molar-refractivity contribution in [2.45, 2.75) is 192 Å². The first-order valence-electron chi connectivity index (χ1n) is 20.8. The van der Waals surface area contributed by atoms with Crippen molar-refractivity contribution in [1.29, 1.82) is 0 Å². The molecule has 0 aromatic rings. The van der Waals surface area contributed by atoms with E-state index in [9.17, 15) is 18.3 Å². The van der Waals surface area contributed by atoms with E-state index in [0.717, 1.165) is 32.1 Å². The Balaban J connectivity index is -0.000000332. The van der Waals surface area contributed by atoms with E-state index in [1.165, 1.54) is 109 Å². The number of aliphatic hydroxyl groups excluding tert-OH is 4. The number of ether oxygens (including phenoxy) is 2. The summed E-state index contributed by atoms with van der Waals surface area (Å²) in [5.74, 6) is -0.994. The third-order valence-electron chi connectivity index (χ3n) is 8.63. The van der Waals surface area contributed by atoms with Gasteiger partial charge in [-0.05, 0) is 44.9 Å². The summed E-state index contributed by atoms with van der Waals surface area (Å²) in [7, 11) is -3.73. The van der Waals surface area contributed by atoms with Gasteiger partial charge in [0.25, 0.3) is 10.1 Å². The second kappa shape index (κ2) is 47.7. The Hall–Kier alpha value is -0.640. The number of carbonyl (C=O) groups is 1. The number of aliphatic carboxylic acids is 1. The molecule has 4 atom stereocenters. The number of rotatable bonds is 32. The molecule has 0 unspecified atom stereocenters. The molecule has 13 heteroatoms. The molecule has 5 N–H and O–H groups in total. The van der Waals surface area contributed by atoms with Gasteiger partial charge in [-0.3, -0.25) is 4.55 Å². The minimum absolute atomic E-state index is 0. The van der Waals surface area contributed by atoms with Crippen molar-refractivity contribution < 1.29 is 82.3 Å². The van der Waals surface area contributed by atoms with Crippen LogP contribution in [0.15, 0.2) is 37.5 Å². The predicted octanol–water partition coefficient (Wildman–Crippen LogP) is 4.41. The molecule has 0 aliphatic carbocycles. The summed E-state index contributed by atoms with van der Waals surface area (Å²) in [5, 5.41) is 45.7. The molecule has 0 aromatic heterocycles. The number of carboxylic acids is 1. The van der Waals surface area contributed by atoms with Gasteiger partial charge in [0, 0.05) is 5.97 Å². The van der Waals surface area contributed by atoms with Gasteiger partial charge in [0.15, 0.2) is 0 Å². The Kier molecular flexibility index (Phi) is 53.0. The van der Waals surface area contributed by atoms with Crippen LogP contribution in [0, 0.1) is 0 Å². The van der Waals surface area contributed by atoms with Crippen LogP contribution in [0.25, 0.3) is 0 Å². The normalized spacial score (nSPS) is 16.7. The molecule has 322 valence electrons. The second-order valence-electron chi connectivity index (χ2n) is 13.9. The van der Waals surface area contributed by atoms with Gasteiger partial charge in [-0.1, -0.05) is 147 Å². The summed E-state index contributed by atoms with van der Waals surface area (Å²) in [4.78, 5) is 10.2. The van der Waals surface area contributed by atoms with Gasteiger partial charge in [-0.15, -0.1) is 13.2 Å². The summed E-state index contributed by atoms with van der Waals surface area (Å²) >= 11 is 0. The molecule has 1 aliphatic heterocycles. The molecule has 1 saturated heterocycles. The predicted molar refractivity (Wildman–Crippen MR) is 219 cm³/mol. The topological polar surface area (TPSA) is 194 Å². The number of carbonyl (C=O) groups excluding carboxylic acids is 1. The second-order valence-corrected chi connectivity index (χ2v) is 15.5. The van der Waals surface area contributed by atoms with E-state index in [-0.39, 0.29) is 48.3 Å². The van der Waals surface area contributed by atoms with Gasteiger partial charge in [0.1, 0.15) is 24.4 Å². The summed E-state index contributed by atoms with van der Waals surface area (Å²) in [5.41, 5.74) is 0. The van der Waals surface area contributed by atoms with Gasteiger partial charge < -0.3 is 39.8 Å². The van der Waals surface area contributed by atoms with Crippen molar-refractivity contribution in [3.05, 3.63) is 37.5 Å². The average Bonchev–Trinajstić information content (AvgIpc) is 3.48. The van der Waals surface area contributed by atoms with Crippen molar-refractivity contribution in [3.63, 3.8) is 0 Å². The molecular weight excluding hydrogens is 736 g/mol.